The Morgan fingerprint density at radius 3 is 2.75 bits per heavy atom. The van der Waals surface area contributed by atoms with Crippen LogP contribution in [0.5, 0.6) is 5.75 Å². The first kappa shape index (κ1) is 18.7. The topological polar surface area (TPSA) is 79.0 Å². The van der Waals surface area contributed by atoms with Gasteiger partial charge >= 0.3 is 0 Å². The number of hydrogen-bond acceptors (Lipinski definition) is 5. The first-order chi connectivity index (χ1) is 13.3. The van der Waals surface area contributed by atoms with Gasteiger partial charge in [-0.05, 0) is 38.5 Å². The fourth-order valence-corrected chi connectivity index (χ4v) is 5.50. The Labute approximate surface area is 162 Å². The van der Waals surface area contributed by atoms with Crippen LogP contribution >= 0.6 is 0 Å². The molecule has 0 amide bonds. The number of ether oxygens (including phenoxy) is 1. The Kier molecular flexibility index (Phi) is 4.49. The van der Waals surface area contributed by atoms with Crippen LogP contribution in [0.1, 0.15) is 23.9 Å². The van der Waals surface area contributed by atoms with Gasteiger partial charge in [0.05, 0.1) is 47.3 Å². The lowest BCUT2D eigenvalue weighted by molar-refractivity contribution is 0.414. The molecule has 0 aliphatic carbocycles. The van der Waals surface area contributed by atoms with E-state index in [1.807, 2.05) is 13.8 Å². The highest BCUT2D eigenvalue weighted by Crippen LogP contribution is 2.32. The average Bonchev–Trinajstić information content (AvgIpc) is 3.33. The molecule has 1 aromatic carbocycles. The molecule has 2 aromatic heterocycles. The number of halogens is 1. The van der Waals surface area contributed by atoms with Crippen molar-refractivity contribution in [3.63, 3.8) is 0 Å². The minimum atomic E-state index is -3.03. The number of methoxy groups -OCH3 is 1. The maximum absolute atomic E-state index is 14.5. The van der Waals surface area contributed by atoms with E-state index in [-0.39, 0.29) is 17.5 Å². The summed E-state index contributed by atoms with van der Waals surface area (Å²) in [6, 6.07) is 4.33. The quantitative estimate of drug-likeness (QED) is 0.668. The van der Waals surface area contributed by atoms with Crippen molar-refractivity contribution in [2.24, 2.45) is 0 Å². The average molecular weight is 404 g/mol. The van der Waals surface area contributed by atoms with Gasteiger partial charge in [-0.1, -0.05) is 0 Å². The van der Waals surface area contributed by atoms with Crippen molar-refractivity contribution in [3.05, 3.63) is 47.8 Å². The number of imidazole rings is 1. The number of sulfone groups is 1. The largest absolute Gasteiger partial charge is 0.497 e. The third-order valence-electron chi connectivity index (χ3n) is 5.14. The second kappa shape index (κ2) is 6.73. The summed E-state index contributed by atoms with van der Waals surface area (Å²) in [5.74, 6) is 0.831. The molecule has 1 unspecified atom stereocenters. The van der Waals surface area contributed by atoms with E-state index in [9.17, 15) is 12.8 Å². The normalized spacial score (nSPS) is 18.5. The third-order valence-corrected chi connectivity index (χ3v) is 6.89. The molecule has 1 fully saturated rings. The van der Waals surface area contributed by atoms with Gasteiger partial charge in [-0.25, -0.2) is 17.8 Å². The molecule has 3 heterocycles. The van der Waals surface area contributed by atoms with E-state index in [4.69, 9.17) is 4.74 Å². The highest BCUT2D eigenvalue weighted by atomic mass is 32.2. The van der Waals surface area contributed by atoms with Gasteiger partial charge in [0.1, 0.15) is 17.4 Å². The second-order valence-electron chi connectivity index (χ2n) is 6.99. The SMILES string of the molecule is COc1ccc(F)c(-c2nccn2-c2c(C)nn(C3CCS(=O)(=O)C3)c2C)c1. The lowest BCUT2D eigenvalue weighted by Crippen LogP contribution is -2.14. The molecule has 1 aliphatic rings. The number of benzene rings is 1. The van der Waals surface area contributed by atoms with Crippen molar-refractivity contribution < 1.29 is 17.5 Å². The summed E-state index contributed by atoms with van der Waals surface area (Å²) in [6.07, 6.45) is 3.90. The van der Waals surface area contributed by atoms with E-state index >= 15 is 0 Å². The van der Waals surface area contributed by atoms with E-state index in [1.54, 1.807) is 33.8 Å². The summed E-state index contributed by atoms with van der Waals surface area (Å²) >= 11 is 0. The van der Waals surface area contributed by atoms with Crippen LogP contribution in [0.2, 0.25) is 0 Å². The molecule has 4 rings (SSSR count). The molecule has 148 valence electrons. The second-order valence-corrected chi connectivity index (χ2v) is 9.22. The van der Waals surface area contributed by atoms with E-state index in [0.717, 1.165) is 17.1 Å². The van der Waals surface area contributed by atoms with E-state index in [1.165, 1.54) is 13.2 Å². The molecule has 1 saturated heterocycles. The van der Waals surface area contributed by atoms with E-state index < -0.39 is 15.7 Å². The van der Waals surface area contributed by atoms with Gasteiger partial charge in [0.15, 0.2) is 9.84 Å². The molecule has 0 spiro atoms. The van der Waals surface area contributed by atoms with Crippen LogP contribution in [-0.4, -0.2) is 46.4 Å². The molecule has 0 bridgehead atoms. The molecule has 9 heteroatoms. The summed E-state index contributed by atoms with van der Waals surface area (Å²) in [6.45, 7) is 3.75. The number of hydrogen-bond donors (Lipinski definition) is 0. The molecular formula is C19H21FN4O3S. The van der Waals surface area contributed by atoms with Crippen LogP contribution < -0.4 is 4.74 Å². The van der Waals surface area contributed by atoms with Crippen LogP contribution in [0.15, 0.2) is 30.6 Å². The van der Waals surface area contributed by atoms with Gasteiger partial charge in [0, 0.05) is 12.4 Å². The van der Waals surface area contributed by atoms with Crippen molar-refractivity contribution in [1.29, 1.82) is 0 Å². The lowest BCUT2D eigenvalue weighted by atomic mass is 10.1. The number of rotatable bonds is 4. The standard InChI is InChI=1S/C19H21FN4O3S/c1-12-18(13(2)24(22-12)14-6-9-28(25,26)11-14)23-8-7-21-19(23)16-10-15(27-3)4-5-17(16)20/h4-5,7-8,10,14H,6,9,11H2,1-3H3. The van der Waals surface area contributed by atoms with Crippen molar-refractivity contribution in [2.75, 3.05) is 18.6 Å². The summed E-state index contributed by atoms with van der Waals surface area (Å²) in [5, 5.41) is 4.59. The molecule has 7 nitrogen and oxygen atoms in total. The molecule has 0 saturated carbocycles. The Morgan fingerprint density at radius 2 is 2.07 bits per heavy atom. The predicted molar refractivity (Wildman–Crippen MR) is 103 cm³/mol. The Bertz CT molecular complexity index is 1150. The van der Waals surface area contributed by atoms with Gasteiger partial charge in [-0.3, -0.25) is 9.25 Å². The van der Waals surface area contributed by atoms with Crippen molar-refractivity contribution >= 4 is 9.84 Å². The summed E-state index contributed by atoms with van der Waals surface area (Å²) in [7, 11) is -1.50. The smallest absolute Gasteiger partial charge is 0.152 e. The van der Waals surface area contributed by atoms with Crippen LogP contribution in [0, 0.1) is 19.7 Å². The van der Waals surface area contributed by atoms with Crippen LogP contribution in [0.25, 0.3) is 17.1 Å². The monoisotopic (exact) mass is 404 g/mol. The Hall–Kier alpha value is -2.68. The molecule has 1 aliphatic heterocycles. The summed E-state index contributed by atoms with van der Waals surface area (Å²) in [4.78, 5) is 4.35. The van der Waals surface area contributed by atoms with Crippen LogP contribution in [0.3, 0.4) is 0 Å². The van der Waals surface area contributed by atoms with Crippen LogP contribution in [0.4, 0.5) is 4.39 Å². The maximum atomic E-state index is 14.5. The predicted octanol–water partition coefficient (Wildman–Crippen LogP) is 2.86. The molecular weight excluding hydrogens is 383 g/mol. The lowest BCUT2D eigenvalue weighted by Gasteiger charge is -2.13. The fourth-order valence-electron chi connectivity index (χ4n) is 3.81. The zero-order valence-electron chi connectivity index (χ0n) is 15.9. The molecule has 28 heavy (non-hydrogen) atoms. The minimum absolute atomic E-state index is 0.0930. The van der Waals surface area contributed by atoms with Gasteiger partial charge in [0.2, 0.25) is 0 Å². The Morgan fingerprint density at radius 1 is 1.29 bits per heavy atom. The number of aromatic nitrogens is 4. The van der Waals surface area contributed by atoms with E-state index in [2.05, 4.69) is 10.1 Å². The van der Waals surface area contributed by atoms with Gasteiger partial charge in [0.25, 0.3) is 0 Å². The Balaban J connectivity index is 1.82. The third kappa shape index (κ3) is 3.09. The zero-order valence-corrected chi connectivity index (χ0v) is 16.7. The zero-order chi connectivity index (χ0) is 20.1. The highest BCUT2D eigenvalue weighted by molar-refractivity contribution is 7.91. The highest BCUT2D eigenvalue weighted by Gasteiger charge is 2.32. The van der Waals surface area contributed by atoms with E-state index in [0.29, 0.717) is 23.6 Å². The van der Waals surface area contributed by atoms with Crippen molar-refractivity contribution in [2.45, 2.75) is 26.3 Å². The number of aryl methyl sites for hydroxylation is 1. The first-order valence-corrected chi connectivity index (χ1v) is 10.8. The number of nitrogens with zero attached hydrogens (tertiary/aromatic N) is 4. The van der Waals surface area contributed by atoms with Crippen molar-refractivity contribution in [1.82, 2.24) is 19.3 Å². The minimum Gasteiger partial charge on any atom is -0.497 e. The van der Waals surface area contributed by atoms with Crippen LogP contribution in [-0.2, 0) is 9.84 Å². The van der Waals surface area contributed by atoms with Crippen molar-refractivity contribution in [3.8, 4) is 22.8 Å². The molecule has 0 radical (unpaired) electrons. The first-order valence-electron chi connectivity index (χ1n) is 8.94. The molecule has 3 aromatic rings. The molecule has 0 N–H and O–H groups in total. The van der Waals surface area contributed by atoms with Gasteiger partial charge in [-0.2, -0.15) is 5.10 Å². The summed E-state index contributed by atoms with van der Waals surface area (Å²) in [5.41, 5.74) is 2.64. The van der Waals surface area contributed by atoms with Gasteiger partial charge in [-0.15, -0.1) is 0 Å². The summed E-state index contributed by atoms with van der Waals surface area (Å²) < 4.78 is 47.0. The fraction of sp³-hybridized carbons (Fsp3) is 0.368. The molecule has 1 atom stereocenters. The maximum Gasteiger partial charge on any atom is 0.152 e. The van der Waals surface area contributed by atoms with Gasteiger partial charge < -0.3 is 4.74 Å².